The molecule has 1 aromatic rings. The van der Waals surface area contributed by atoms with Crippen LogP contribution in [0, 0.1) is 5.92 Å². The molecule has 24 heavy (non-hydrogen) atoms. The lowest BCUT2D eigenvalue weighted by atomic mass is 9.86. The number of amides is 1. The first kappa shape index (κ1) is 21.0. The van der Waals surface area contributed by atoms with Crippen molar-refractivity contribution in [3.8, 4) is 5.75 Å². The molecule has 0 aliphatic heterocycles. The van der Waals surface area contributed by atoms with Crippen LogP contribution in [0.15, 0.2) is 22.7 Å². The smallest absolute Gasteiger partial charge is 0.257 e. The van der Waals surface area contributed by atoms with Crippen molar-refractivity contribution in [2.45, 2.75) is 65.7 Å². The van der Waals surface area contributed by atoms with E-state index in [4.69, 9.17) is 4.74 Å². The van der Waals surface area contributed by atoms with Gasteiger partial charge in [-0.25, -0.2) is 0 Å². The standard InChI is InChI=1S/C20H32BrNO2/c1-6-8-9-15(7-2)13-22-19(23)14-24-18-11-10-16(21)12-17(18)20(3,4)5/h10-12,15H,6-9,13-14H2,1-5H3,(H,22,23). The van der Waals surface area contributed by atoms with Gasteiger partial charge in [0.25, 0.3) is 5.91 Å². The molecule has 0 aromatic heterocycles. The number of hydrogen-bond donors (Lipinski definition) is 1. The second kappa shape index (κ2) is 10.1. The van der Waals surface area contributed by atoms with Crippen molar-refractivity contribution in [1.29, 1.82) is 0 Å². The maximum absolute atomic E-state index is 12.1. The second-order valence-corrected chi connectivity index (χ2v) is 8.32. The van der Waals surface area contributed by atoms with Gasteiger partial charge in [0.15, 0.2) is 6.61 Å². The lowest BCUT2D eigenvalue weighted by Crippen LogP contribution is -2.33. The fourth-order valence-electron chi connectivity index (χ4n) is 2.61. The molecule has 0 saturated heterocycles. The molecule has 0 aliphatic carbocycles. The van der Waals surface area contributed by atoms with Gasteiger partial charge in [-0.1, -0.05) is 69.8 Å². The van der Waals surface area contributed by atoms with Crippen LogP contribution < -0.4 is 10.1 Å². The van der Waals surface area contributed by atoms with Crippen LogP contribution in [0.25, 0.3) is 0 Å². The predicted molar refractivity (Wildman–Crippen MR) is 105 cm³/mol. The molecule has 0 fully saturated rings. The monoisotopic (exact) mass is 397 g/mol. The zero-order chi connectivity index (χ0) is 18.2. The van der Waals surface area contributed by atoms with Crippen LogP contribution in [-0.2, 0) is 10.2 Å². The van der Waals surface area contributed by atoms with Gasteiger partial charge in [-0.15, -0.1) is 0 Å². The first-order valence-electron chi connectivity index (χ1n) is 8.97. The number of carbonyl (C=O) groups excluding carboxylic acids is 1. The van der Waals surface area contributed by atoms with Crippen LogP contribution in [0.2, 0.25) is 0 Å². The van der Waals surface area contributed by atoms with Crippen LogP contribution in [0.1, 0.15) is 65.9 Å². The normalized spacial score (nSPS) is 12.8. The molecule has 1 atom stereocenters. The molecular weight excluding hydrogens is 366 g/mol. The summed E-state index contributed by atoms with van der Waals surface area (Å²) in [4.78, 5) is 12.1. The Kier molecular flexibility index (Phi) is 8.82. The molecule has 4 heteroatoms. The Morgan fingerprint density at radius 2 is 2.00 bits per heavy atom. The minimum atomic E-state index is -0.0484. The summed E-state index contributed by atoms with van der Waals surface area (Å²) in [6.07, 6.45) is 4.70. The largest absolute Gasteiger partial charge is 0.483 e. The van der Waals surface area contributed by atoms with Gasteiger partial charge in [0, 0.05) is 16.6 Å². The molecular formula is C20H32BrNO2. The van der Waals surface area contributed by atoms with E-state index in [-0.39, 0.29) is 17.9 Å². The van der Waals surface area contributed by atoms with Gasteiger partial charge in [-0.2, -0.15) is 0 Å². The molecule has 0 saturated carbocycles. The fraction of sp³-hybridized carbons (Fsp3) is 0.650. The molecule has 1 N–H and O–H groups in total. The highest BCUT2D eigenvalue weighted by atomic mass is 79.9. The summed E-state index contributed by atoms with van der Waals surface area (Å²) >= 11 is 3.50. The molecule has 0 heterocycles. The minimum Gasteiger partial charge on any atom is -0.483 e. The number of rotatable bonds is 9. The summed E-state index contributed by atoms with van der Waals surface area (Å²) in [5.41, 5.74) is 1.06. The van der Waals surface area contributed by atoms with Crippen molar-refractivity contribution < 1.29 is 9.53 Å². The van der Waals surface area contributed by atoms with Gasteiger partial charge < -0.3 is 10.1 Å². The van der Waals surface area contributed by atoms with Crippen LogP contribution in [0.3, 0.4) is 0 Å². The Morgan fingerprint density at radius 1 is 1.29 bits per heavy atom. The highest BCUT2D eigenvalue weighted by Gasteiger charge is 2.20. The average molecular weight is 398 g/mol. The van der Waals surface area contributed by atoms with Crippen molar-refractivity contribution in [3.63, 3.8) is 0 Å². The number of halogens is 1. The summed E-state index contributed by atoms with van der Waals surface area (Å²) in [5.74, 6) is 1.29. The van der Waals surface area contributed by atoms with Gasteiger partial charge in [0.1, 0.15) is 5.75 Å². The third kappa shape index (κ3) is 7.25. The fourth-order valence-corrected chi connectivity index (χ4v) is 2.97. The van der Waals surface area contributed by atoms with Gasteiger partial charge >= 0.3 is 0 Å². The maximum Gasteiger partial charge on any atom is 0.257 e. The van der Waals surface area contributed by atoms with E-state index in [1.54, 1.807) is 0 Å². The van der Waals surface area contributed by atoms with Crippen molar-refractivity contribution in [3.05, 3.63) is 28.2 Å². The molecule has 3 nitrogen and oxygen atoms in total. The minimum absolute atomic E-state index is 0.0386. The Morgan fingerprint density at radius 3 is 2.58 bits per heavy atom. The Hall–Kier alpha value is -1.03. The van der Waals surface area contributed by atoms with Crippen LogP contribution in [0.5, 0.6) is 5.75 Å². The topological polar surface area (TPSA) is 38.3 Å². The van der Waals surface area contributed by atoms with Gasteiger partial charge in [-0.3, -0.25) is 4.79 Å². The lowest BCUT2D eigenvalue weighted by Gasteiger charge is -2.23. The van der Waals surface area contributed by atoms with Crippen molar-refractivity contribution in [2.75, 3.05) is 13.2 Å². The summed E-state index contributed by atoms with van der Waals surface area (Å²) in [7, 11) is 0. The van der Waals surface area contributed by atoms with E-state index in [9.17, 15) is 4.79 Å². The zero-order valence-corrected chi connectivity index (χ0v) is 17.3. The van der Waals surface area contributed by atoms with E-state index < -0.39 is 0 Å². The lowest BCUT2D eigenvalue weighted by molar-refractivity contribution is -0.123. The number of ether oxygens (including phenoxy) is 1. The van der Waals surface area contributed by atoms with Crippen molar-refractivity contribution >= 4 is 21.8 Å². The van der Waals surface area contributed by atoms with E-state index in [1.807, 2.05) is 12.1 Å². The van der Waals surface area contributed by atoms with Gasteiger partial charge in [0.05, 0.1) is 0 Å². The van der Waals surface area contributed by atoms with Crippen molar-refractivity contribution in [1.82, 2.24) is 5.32 Å². The SMILES string of the molecule is CCCCC(CC)CNC(=O)COc1ccc(Br)cc1C(C)(C)C. The highest BCUT2D eigenvalue weighted by molar-refractivity contribution is 9.10. The first-order valence-corrected chi connectivity index (χ1v) is 9.76. The van der Waals surface area contributed by atoms with E-state index in [2.05, 4.69) is 61.9 Å². The van der Waals surface area contributed by atoms with Crippen LogP contribution in [-0.4, -0.2) is 19.1 Å². The highest BCUT2D eigenvalue weighted by Crippen LogP contribution is 2.33. The average Bonchev–Trinajstić information content (AvgIpc) is 2.53. The third-order valence-electron chi connectivity index (χ3n) is 4.24. The first-order chi connectivity index (χ1) is 11.3. The van der Waals surface area contributed by atoms with E-state index >= 15 is 0 Å². The summed E-state index contributed by atoms with van der Waals surface area (Å²) in [6.45, 7) is 11.6. The molecule has 1 rings (SSSR count). The quantitative estimate of drug-likeness (QED) is 0.600. The third-order valence-corrected chi connectivity index (χ3v) is 4.73. The molecule has 136 valence electrons. The summed E-state index contributed by atoms with van der Waals surface area (Å²) < 4.78 is 6.81. The molecule has 0 bridgehead atoms. The number of unbranched alkanes of at least 4 members (excludes halogenated alkanes) is 1. The Bertz CT molecular complexity index is 523. The summed E-state index contributed by atoms with van der Waals surface area (Å²) in [6, 6.07) is 5.93. The van der Waals surface area contributed by atoms with Crippen LogP contribution >= 0.6 is 15.9 Å². The molecule has 1 amide bonds. The molecule has 0 radical (unpaired) electrons. The number of carbonyl (C=O) groups is 1. The molecule has 0 aliphatic rings. The van der Waals surface area contributed by atoms with Crippen molar-refractivity contribution in [2.24, 2.45) is 5.92 Å². The summed E-state index contributed by atoms with van der Waals surface area (Å²) in [5, 5.41) is 3.01. The molecule has 0 spiro atoms. The molecule has 1 unspecified atom stereocenters. The van der Waals surface area contributed by atoms with Gasteiger partial charge in [0.2, 0.25) is 0 Å². The number of nitrogens with one attached hydrogen (secondary N) is 1. The Labute approximate surface area is 155 Å². The molecule has 1 aromatic carbocycles. The number of hydrogen-bond acceptors (Lipinski definition) is 2. The van der Waals surface area contributed by atoms with Gasteiger partial charge in [-0.05, 0) is 36.0 Å². The van der Waals surface area contributed by atoms with E-state index in [0.717, 1.165) is 28.8 Å². The van der Waals surface area contributed by atoms with E-state index in [0.29, 0.717) is 5.92 Å². The zero-order valence-electron chi connectivity index (χ0n) is 15.7. The van der Waals surface area contributed by atoms with E-state index in [1.165, 1.54) is 19.3 Å². The Balaban J connectivity index is 2.56. The van der Waals surface area contributed by atoms with Crippen LogP contribution in [0.4, 0.5) is 0 Å². The number of benzene rings is 1. The predicted octanol–water partition coefficient (Wildman–Crippen LogP) is 5.46. The maximum atomic E-state index is 12.1. The second-order valence-electron chi connectivity index (χ2n) is 7.40.